The van der Waals surface area contributed by atoms with E-state index in [-0.39, 0.29) is 11.9 Å². The van der Waals surface area contributed by atoms with E-state index in [2.05, 4.69) is 50.4 Å². The average Bonchev–Trinajstić information content (AvgIpc) is 3.19. The van der Waals surface area contributed by atoms with Crippen LogP contribution in [0.2, 0.25) is 0 Å². The molecular formula is C24H25N5O. The van der Waals surface area contributed by atoms with Crippen molar-refractivity contribution in [3.63, 3.8) is 0 Å². The number of piperidine rings is 1. The van der Waals surface area contributed by atoms with Gasteiger partial charge in [0.1, 0.15) is 6.33 Å². The Morgan fingerprint density at radius 3 is 2.80 bits per heavy atom. The number of carbonyl (C=O) groups excluding carboxylic acids is 1. The maximum atomic E-state index is 12.9. The topological polar surface area (TPSA) is 71.0 Å². The van der Waals surface area contributed by atoms with E-state index in [1.54, 1.807) is 12.5 Å². The zero-order valence-corrected chi connectivity index (χ0v) is 17.4. The smallest absolute Gasteiger partial charge is 0.253 e. The van der Waals surface area contributed by atoms with Crippen molar-refractivity contribution in [2.75, 3.05) is 20.1 Å². The molecule has 5 rings (SSSR count). The molecule has 0 bridgehead atoms. The van der Waals surface area contributed by atoms with E-state index >= 15 is 0 Å². The van der Waals surface area contributed by atoms with Gasteiger partial charge in [-0.1, -0.05) is 12.1 Å². The quantitative estimate of drug-likeness (QED) is 0.733. The first-order chi connectivity index (χ1) is 14.6. The number of nitrogens with one attached hydrogen (secondary N) is 1. The molecule has 6 nitrogen and oxygen atoms in total. The minimum Gasteiger partial charge on any atom is -0.349 e. The van der Waals surface area contributed by atoms with Gasteiger partial charge in [-0.15, -0.1) is 0 Å². The highest BCUT2D eigenvalue weighted by atomic mass is 16.1. The monoisotopic (exact) mass is 399 g/mol. The molecule has 2 aromatic heterocycles. The molecule has 3 aromatic rings. The SMILES string of the molecule is Cc1ncnc2ccc(C3=CCc4ncc(C(=O)NC5CCN(C)CC5)cc43)cc12. The van der Waals surface area contributed by atoms with Gasteiger partial charge >= 0.3 is 0 Å². The van der Waals surface area contributed by atoms with E-state index in [0.29, 0.717) is 5.56 Å². The highest BCUT2D eigenvalue weighted by Gasteiger charge is 2.22. The van der Waals surface area contributed by atoms with Crippen LogP contribution in [0.4, 0.5) is 0 Å². The van der Waals surface area contributed by atoms with E-state index in [9.17, 15) is 4.79 Å². The second-order valence-corrected chi connectivity index (χ2v) is 8.28. The molecular weight excluding hydrogens is 374 g/mol. The Balaban J connectivity index is 1.42. The van der Waals surface area contributed by atoms with E-state index in [0.717, 1.165) is 71.3 Å². The molecule has 1 amide bonds. The molecule has 3 heterocycles. The van der Waals surface area contributed by atoms with Gasteiger partial charge in [0.2, 0.25) is 0 Å². The first kappa shape index (κ1) is 18.9. The highest BCUT2D eigenvalue weighted by Crippen LogP contribution is 2.33. The molecule has 1 aromatic carbocycles. The number of hydrogen-bond donors (Lipinski definition) is 1. The van der Waals surface area contributed by atoms with Crippen molar-refractivity contribution in [2.24, 2.45) is 0 Å². The first-order valence-electron chi connectivity index (χ1n) is 10.5. The molecule has 1 aliphatic carbocycles. The van der Waals surface area contributed by atoms with Crippen LogP contribution in [0.25, 0.3) is 16.5 Å². The summed E-state index contributed by atoms with van der Waals surface area (Å²) in [5.74, 6) is -0.0335. The fourth-order valence-electron chi connectivity index (χ4n) is 4.37. The van der Waals surface area contributed by atoms with Crippen LogP contribution in [0.15, 0.2) is 42.9 Å². The Labute approximate surface area is 176 Å². The minimum absolute atomic E-state index is 0.0335. The molecule has 6 heteroatoms. The molecule has 152 valence electrons. The van der Waals surface area contributed by atoms with Crippen molar-refractivity contribution in [1.29, 1.82) is 0 Å². The van der Waals surface area contributed by atoms with Crippen LogP contribution in [0.3, 0.4) is 0 Å². The molecule has 1 N–H and O–H groups in total. The summed E-state index contributed by atoms with van der Waals surface area (Å²) in [5, 5.41) is 4.24. The number of aromatic nitrogens is 3. The number of nitrogens with zero attached hydrogens (tertiary/aromatic N) is 4. The van der Waals surface area contributed by atoms with Gasteiger partial charge in [-0.2, -0.15) is 0 Å². The van der Waals surface area contributed by atoms with Gasteiger partial charge < -0.3 is 10.2 Å². The lowest BCUT2D eigenvalue weighted by atomic mass is 9.98. The minimum atomic E-state index is -0.0335. The van der Waals surface area contributed by atoms with Crippen LogP contribution in [-0.4, -0.2) is 51.9 Å². The van der Waals surface area contributed by atoms with Crippen LogP contribution in [0.1, 0.15) is 45.7 Å². The first-order valence-corrected chi connectivity index (χ1v) is 10.5. The number of allylic oxidation sites excluding steroid dienone is 1. The number of aryl methyl sites for hydroxylation is 1. The lowest BCUT2D eigenvalue weighted by Gasteiger charge is -2.29. The Morgan fingerprint density at radius 2 is 1.97 bits per heavy atom. The van der Waals surface area contributed by atoms with Crippen molar-refractivity contribution in [1.82, 2.24) is 25.2 Å². The molecule has 0 unspecified atom stereocenters. The number of pyridine rings is 1. The van der Waals surface area contributed by atoms with Crippen molar-refractivity contribution in [3.8, 4) is 0 Å². The van der Waals surface area contributed by atoms with Gasteiger partial charge in [0.05, 0.1) is 16.8 Å². The number of rotatable bonds is 3. The lowest BCUT2D eigenvalue weighted by molar-refractivity contribution is 0.0916. The molecule has 1 fully saturated rings. The number of hydrogen-bond acceptors (Lipinski definition) is 5. The lowest BCUT2D eigenvalue weighted by Crippen LogP contribution is -2.43. The van der Waals surface area contributed by atoms with Crippen LogP contribution >= 0.6 is 0 Å². The van der Waals surface area contributed by atoms with Crippen LogP contribution in [-0.2, 0) is 6.42 Å². The number of amides is 1. The Bertz CT molecular complexity index is 1160. The normalized spacial score (nSPS) is 17.1. The number of carbonyl (C=O) groups is 1. The zero-order valence-electron chi connectivity index (χ0n) is 17.4. The standard InChI is InChI=1S/C24H25N5O/c1-15-20-11-16(3-5-22(20)27-14-26-15)19-4-6-23-21(19)12-17(13-25-23)24(30)28-18-7-9-29(2)10-8-18/h3-5,11-14,18H,6-10H2,1-2H3,(H,28,30). The second-order valence-electron chi connectivity index (χ2n) is 8.28. The molecule has 1 saturated heterocycles. The molecule has 0 radical (unpaired) electrons. The number of benzene rings is 1. The van der Waals surface area contributed by atoms with Crippen LogP contribution in [0, 0.1) is 6.92 Å². The maximum absolute atomic E-state index is 12.9. The third kappa shape index (κ3) is 3.48. The average molecular weight is 399 g/mol. The summed E-state index contributed by atoms with van der Waals surface area (Å²) >= 11 is 0. The maximum Gasteiger partial charge on any atom is 0.253 e. The fourth-order valence-corrected chi connectivity index (χ4v) is 4.37. The fraction of sp³-hybridized carbons (Fsp3) is 0.333. The molecule has 0 spiro atoms. The largest absolute Gasteiger partial charge is 0.349 e. The van der Waals surface area contributed by atoms with Crippen LogP contribution in [0.5, 0.6) is 0 Å². The van der Waals surface area contributed by atoms with Crippen molar-refractivity contribution in [2.45, 2.75) is 32.2 Å². The molecule has 2 aliphatic rings. The Morgan fingerprint density at radius 1 is 1.13 bits per heavy atom. The summed E-state index contributed by atoms with van der Waals surface area (Å²) in [5.41, 5.74) is 6.81. The molecule has 0 saturated carbocycles. The third-order valence-electron chi connectivity index (χ3n) is 6.22. The highest BCUT2D eigenvalue weighted by molar-refractivity contribution is 5.97. The molecule has 30 heavy (non-hydrogen) atoms. The van der Waals surface area contributed by atoms with Gasteiger partial charge in [-0.05, 0) is 69.2 Å². The zero-order chi connectivity index (χ0) is 20.7. The number of likely N-dealkylation sites (tertiary alicyclic amines) is 1. The van der Waals surface area contributed by atoms with E-state index in [1.165, 1.54) is 0 Å². The van der Waals surface area contributed by atoms with Crippen molar-refractivity contribution < 1.29 is 4.79 Å². The van der Waals surface area contributed by atoms with E-state index in [1.807, 2.05) is 19.1 Å². The Hall–Kier alpha value is -3.12. The summed E-state index contributed by atoms with van der Waals surface area (Å²) in [6.45, 7) is 4.04. The molecule has 0 atom stereocenters. The summed E-state index contributed by atoms with van der Waals surface area (Å²) in [7, 11) is 2.12. The van der Waals surface area contributed by atoms with Gasteiger partial charge in [0.25, 0.3) is 5.91 Å². The van der Waals surface area contributed by atoms with Gasteiger partial charge in [0.15, 0.2) is 0 Å². The summed E-state index contributed by atoms with van der Waals surface area (Å²) in [4.78, 5) is 28.4. The van der Waals surface area contributed by atoms with Crippen LogP contribution < -0.4 is 5.32 Å². The summed E-state index contributed by atoms with van der Waals surface area (Å²) in [6, 6.07) is 8.48. The Kier molecular flexibility index (Phi) is 4.79. The van der Waals surface area contributed by atoms with E-state index < -0.39 is 0 Å². The van der Waals surface area contributed by atoms with E-state index in [4.69, 9.17) is 0 Å². The van der Waals surface area contributed by atoms with Gasteiger partial charge in [-0.3, -0.25) is 9.78 Å². The predicted octanol–water partition coefficient (Wildman–Crippen LogP) is 3.15. The van der Waals surface area contributed by atoms with Gasteiger partial charge in [-0.25, -0.2) is 9.97 Å². The summed E-state index contributed by atoms with van der Waals surface area (Å²) in [6.07, 6.45) is 8.26. The van der Waals surface area contributed by atoms with Gasteiger partial charge in [0, 0.05) is 35.3 Å². The predicted molar refractivity (Wildman–Crippen MR) is 117 cm³/mol. The van der Waals surface area contributed by atoms with Crippen molar-refractivity contribution in [3.05, 3.63) is 70.9 Å². The second kappa shape index (κ2) is 7.61. The third-order valence-corrected chi connectivity index (χ3v) is 6.22. The van der Waals surface area contributed by atoms with Crippen molar-refractivity contribution >= 4 is 22.4 Å². The summed E-state index contributed by atoms with van der Waals surface area (Å²) < 4.78 is 0. The number of fused-ring (bicyclic) bond motifs is 2. The molecule has 1 aliphatic heterocycles.